The third kappa shape index (κ3) is 8.49. The molecule has 0 bridgehead atoms. The predicted molar refractivity (Wildman–Crippen MR) is 142 cm³/mol. The number of aliphatic hydroxyl groups is 6. The van der Waals surface area contributed by atoms with Crippen LogP contribution in [0.4, 0.5) is 0 Å². The summed E-state index contributed by atoms with van der Waals surface area (Å²) in [6.45, 7) is -0.599. The minimum Gasteiger partial charge on any atom is -0.395 e. The predicted octanol–water partition coefficient (Wildman–Crippen LogP) is -6.78. The Morgan fingerprint density at radius 1 is 0.951 bits per heavy atom. The van der Waals surface area contributed by atoms with Crippen LogP contribution in [0.5, 0.6) is 0 Å². The number of hydrogen-bond acceptors (Lipinski definition) is 16. The normalized spacial score (nSPS) is 42.5. The molecule has 3 rings (SSSR count). The first-order valence-corrected chi connectivity index (χ1v) is 14.1. The van der Waals surface area contributed by atoms with E-state index in [0.717, 1.165) is 0 Å². The molecule has 14 atom stereocenters. The molecule has 2 heterocycles. The molecule has 0 radical (unpaired) electrons. The zero-order chi connectivity index (χ0) is 30.3. The van der Waals surface area contributed by atoms with Gasteiger partial charge >= 0.3 is 0 Å². The Morgan fingerprint density at radius 3 is 2.29 bits per heavy atom. The fourth-order valence-electron chi connectivity index (χ4n) is 5.47. The maximum absolute atomic E-state index is 12.7. The number of amides is 1. The second-order valence-electron chi connectivity index (χ2n) is 10.8. The van der Waals surface area contributed by atoms with Crippen molar-refractivity contribution in [3.05, 3.63) is 0 Å². The first kappa shape index (κ1) is 34.4. The Hall–Kier alpha value is -1.13. The molecule has 1 saturated carbocycles. The fraction of sp³-hybridized carbons (Fsp3) is 0.958. The highest BCUT2D eigenvalue weighted by atomic mass is 16.7. The minimum absolute atomic E-state index is 0.0107. The van der Waals surface area contributed by atoms with Crippen molar-refractivity contribution in [2.24, 2.45) is 22.9 Å². The van der Waals surface area contributed by atoms with Gasteiger partial charge in [-0.05, 0) is 32.2 Å². The molecule has 17 heteroatoms. The SMILES string of the molecule is NCC[C@H](O)C(=O)N[C@@H]1C[C@H](N)C(O[C@H]2O[C@H](CN)CCC2N)C(O)[C@H]1O[C@H]1OC(CO)[C@@H](O)[C@H](NCCO)C1O. The van der Waals surface area contributed by atoms with Crippen LogP contribution < -0.4 is 33.6 Å². The summed E-state index contributed by atoms with van der Waals surface area (Å²) in [5.41, 5.74) is 23.8. The van der Waals surface area contributed by atoms with Crippen molar-refractivity contribution in [1.82, 2.24) is 10.6 Å². The van der Waals surface area contributed by atoms with Crippen LogP contribution in [-0.2, 0) is 23.7 Å². The summed E-state index contributed by atoms with van der Waals surface area (Å²) in [6, 6.07) is -3.43. The second-order valence-corrected chi connectivity index (χ2v) is 10.8. The average molecular weight is 597 g/mol. The van der Waals surface area contributed by atoms with Crippen molar-refractivity contribution in [1.29, 1.82) is 0 Å². The number of carbonyl (C=O) groups is 1. The minimum atomic E-state index is -1.53. The molecule has 0 aromatic carbocycles. The van der Waals surface area contributed by atoms with Crippen molar-refractivity contribution >= 4 is 5.91 Å². The van der Waals surface area contributed by atoms with Crippen molar-refractivity contribution < 1.29 is 54.4 Å². The van der Waals surface area contributed by atoms with Crippen LogP contribution in [0.25, 0.3) is 0 Å². The molecule has 240 valence electrons. The van der Waals surface area contributed by atoms with Crippen LogP contribution in [0.2, 0.25) is 0 Å². The highest BCUT2D eigenvalue weighted by Gasteiger charge is 2.51. The van der Waals surface area contributed by atoms with Gasteiger partial charge in [0.05, 0.1) is 37.4 Å². The van der Waals surface area contributed by atoms with E-state index in [9.17, 15) is 35.4 Å². The lowest BCUT2D eigenvalue weighted by atomic mass is 9.83. The summed E-state index contributed by atoms with van der Waals surface area (Å²) >= 11 is 0. The van der Waals surface area contributed by atoms with Gasteiger partial charge in [-0.25, -0.2) is 0 Å². The van der Waals surface area contributed by atoms with Gasteiger partial charge in [-0.3, -0.25) is 4.79 Å². The van der Waals surface area contributed by atoms with Crippen LogP contribution in [0, 0.1) is 0 Å². The molecular formula is C24H48N6O11. The van der Waals surface area contributed by atoms with Gasteiger partial charge in [0.25, 0.3) is 0 Å². The van der Waals surface area contributed by atoms with Gasteiger partial charge in [-0.1, -0.05) is 0 Å². The number of aliphatic hydroxyl groups excluding tert-OH is 6. The monoisotopic (exact) mass is 596 g/mol. The van der Waals surface area contributed by atoms with Crippen molar-refractivity contribution in [2.75, 3.05) is 32.8 Å². The van der Waals surface area contributed by atoms with Crippen LogP contribution in [-0.4, -0.2) is 155 Å². The van der Waals surface area contributed by atoms with Gasteiger partial charge < -0.3 is 83.2 Å². The standard InChI is InChI=1S/C24H48N6O11/c25-4-3-14(33)22(37)30-13-7-12(28)20(40-23-11(27)2-1-10(8-26)38-23)19(36)21(13)41-24-18(35)16(29-5-6-31)17(34)15(9-32)39-24/h10-21,23-24,29,31-36H,1-9,25-28H2,(H,30,37)/t10-,11?,12-,13+,14-,15?,16-,17+,18?,19?,20?,21-,23+,24+/m0/s1. The quantitative estimate of drug-likeness (QED) is 0.0940. The largest absolute Gasteiger partial charge is 0.395 e. The number of hydrogen-bond donors (Lipinski definition) is 12. The van der Waals surface area contributed by atoms with Gasteiger partial charge in [0, 0.05) is 19.1 Å². The summed E-state index contributed by atoms with van der Waals surface area (Å²) in [4.78, 5) is 12.7. The van der Waals surface area contributed by atoms with Gasteiger partial charge in [0.2, 0.25) is 5.91 Å². The van der Waals surface area contributed by atoms with E-state index in [0.29, 0.717) is 12.8 Å². The van der Waals surface area contributed by atoms with E-state index in [2.05, 4.69) is 10.6 Å². The van der Waals surface area contributed by atoms with E-state index < -0.39 is 92.0 Å². The number of nitrogens with two attached hydrogens (primary N) is 4. The molecule has 41 heavy (non-hydrogen) atoms. The molecule has 0 aromatic heterocycles. The summed E-state index contributed by atoms with van der Waals surface area (Å²) < 4.78 is 23.6. The third-order valence-corrected chi connectivity index (χ3v) is 7.81. The smallest absolute Gasteiger partial charge is 0.249 e. The van der Waals surface area contributed by atoms with Crippen LogP contribution in [0.1, 0.15) is 25.7 Å². The molecule has 2 saturated heterocycles. The number of rotatable bonds is 13. The van der Waals surface area contributed by atoms with Gasteiger partial charge in [-0.2, -0.15) is 0 Å². The molecule has 1 amide bonds. The van der Waals surface area contributed by atoms with Gasteiger partial charge in [-0.15, -0.1) is 0 Å². The molecule has 17 nitrogen and oxygen atoms in total. The molecule has 0 aromatic rings. The Kier molecular flexibility index (Phi) is 13.5. The van der Waals surface area contributed by atoms with Crippen LogP contribution in [0.3, 0.4) is 0 Å². The summed E-state index contributed by atoms with van der Waals surface area (Å²) in [7, 11) is 0. The van der Waals surface area contributed by atoms with Crippen LogP contribution in [0.15, 0.2) is 0 Å². The topological polar surface area (TPSA) is 304 Å². The zero-order valence-corrected chi connectivity index (χ0v) is 23.0. The lowest BCUT2D eigenvalue weighted by Gasteiger charge is -2.48. The Balaban J connectivity index is 1.85. The fourth-order valence-corrected chi connectivity index (χ4v) is 5.47. The van der Waals surface area contributed by atoms with E-state index in [1.165, 1.54) is 0 Å². The van der Waals surface area contributed by atoms with Gasteiger partial charge in [0.15, 0.2) is 12.6 Å². The van der Waals surface area contributed by atoms with E-state index >= 15 is 0 Å². The Morgan fingerprint density at radius 2 is 1.66 bits per heavy atom. The number of carbonyl (C=O) groups excluding carboxylic acids is 1. The maximum Gasteiger partial charge on any atom is 0.249 e. The molecule has 2 aliphatic heterocycles. The highest BCUT2D eigenvalue weighted by molar-refractivity contribution is 5.80. The van der Waals surface area contributed by atoms with E-state index in [1.807, 2.05) is 0 Å². The van der Waals surface area contributed by atoms with E-state index in [1.54, 1.807) is 0 Å². The second kappa shape index (κ2) is 16.1. The van der Waals surface area contributed by atoms with E-state index in [4.69, 9.17) is 41.9 Å². The van der Waals surface area contributed by atoms with Crippen molar-refractivity contribution in [3.63, 3.8) is 0 Å². The van der Waals surface area contributed by atoms with Gasteiger partial charge in [0.1, 0.15) is 42.7 Å². The maximum atomic E-state index is 12.7. The van der Waals surface area contributed by atoms with Crippen molar-refractivity contribution in [2.45, 2.75) is 111 Å². The molecule has 16 N–H and O–H groups in total. The number of ether oxygens (including phenoxy) is 4. The molecule has 3 fully saturated rings. The number of nitrogens with one attached hydrogen (secondary N) is 2. The first-order valence-electron chi connectivity index (χ1n) is 14.1. The van der Waals surface area contributed by atoms with Crippen LogP contribution >= 0.6 is 0 Å². The van der Waals surface area contributed by atoms with Crippen molar-refractivity contribution in [3.8, 4) is 0 Å². The molecule has 3 aliphatic rings. The highest BCUT2D eigenvalue weighted by Crippen LogP contribution is 2.31. The lowest BCUT2D eigenvalue weighted by Crippen LogP contribution is -2.69. The van der Waals surface area contributed by atoms with E-state index in [-0.39, 0.29) is 45.2 Å². The lowest BCUT2D eigenvalue weighted by molar-refractivity contribution is -0.316. The average Bonchev–Trinajstić information content (AvgIpc) is 2.95. The Bertz CT molecular complexity index is 805. The molecule has 5 unspecified atom stereocenters. The summed E-state index contributed by atoms with van der Waals surface area (Å²) in [5.74, 6) is -0.771. The summed E-state index contributed by atoms with van der Waals surface area (Å²) in [5, 5.41) is 67.6. The summed E-state index contributed by atoms with van der Waals surface area (Å²) in [6.07, 6.45) is -11.0. The third-order valence-electron chi connectivity index (χ3n) is 7.81. The zero-order valence-electron chi connectivity index (χ0n) is 23.0. The molecular weight excluding hydrogens is 548 g/mol. The molecule has 0 spiro atoms. The first-order chi connectivity index (χ1) is 19.6. The Labute approximate surface area is 238 Å². The molecule has 1 aliphatic carbocycles.